The van der Waals surface area contributed by atoms with Gasteiger partial charge < -0.3 is 10.4 Å². The highest BCUT2D eigenvalue weighted by Crippen LogP contribution is 2.15. The summed E-state index contributed by atoms with van der Waals surface area (Å²) < 4.78 is 0. The Balaban J connectivity index is 2.81. The normalized spacial score (nSPS) is 9.50. The van der Waals surface area contributed by atoms with Gasteiger partial charge in [-0.25, -0.2) is 9.78 Å². The molecule has 0 aliphatic heterocycles. The molecule has 0 aliphatic rings. The topological polar surface area (TPSA) is 79.3 Å². The fourth-order valence-electron chi connectivity index (χ4n) is 0.777. The average Bonchev–Trinajstić information content (AvgIpc) is 2.50. The van der Waals surface area contributed by atoms with Gasteiger partial charge in [-0.2, -0.15) is 0 Å². The summed E-state index contributed by atoms with van der Waals surface area (Å²) in [4.78, 5) is 24.9. The standard InChI is InChI=1S/C8H8N2O3S/c1-4(9-5(2)11)7-10-6(3-14-7)8(12)13/h3H,1H2,2H3,(H,9,11)(H,12,13). The smallest absolute Gasteiger partial charge is 0.355 e. The van der Waals surface area contributed by atoms with Crippen molar-refractivity contribution in [2.45, 2.75) is 6.92 Å². The second-order valence-corrected chi connectivity index (χ2v) is 3.36. The summed E-state index contributed by atoms with van der Waals surface area (Å²) in [5.74, 6) is -1.36. The van der Waals surface area contributed by atoms with Gasteiger partial charge in [0.15, 0.2) is 5.69 Å². The Hall–Kier alpha value is -1.69. The van der Waals surface area contributed by atoms with Crippen LogP contribution in [0.5, 0.6) is 0 Å². The SMILES string of the molecule is C=C(NC(C)=O)c1nc(C(=O)O)cs1. The van der Waals surface area contributed by atoms with Crippen LogP contribution in [-0.2, 0) is 4.79 Å². The Labute approximate surface area is 84.1 Å². The van der Waals surface area contributed by atoms with E-state index in [1.54, 1.807) is 0 Å². The molecule has 1 aromatic rings. The highest BCUT2D eigenvalue weighted by Gasteiger charge is 2.10. The molecular formula is C8H8N2O3S. The first-order valence-corrected chi connectivity index (χ1v) is 4.54. The van der Waals surface area contributed by atoms with Crippen LogP contribution in [0.3, 0.4) is 0 Å². The molecule has 0 saturated carbocycles. The number of carboxylic acids is 1. The van der Waals surface area contributed by atoms with Crippen molar-refractivity contribution in [1.29, 1.82) is 0 Å². The van der Waals surface area contributed by atoms with Crippen LogP contribution in [0, 0.1) is 0 Å². The van der Waals surface area contributed by atoms with Crippen molar-refractivity contribution in [3.63, 3.8) is 0 Å². The molecule has 0 aliphatic carbocycles. The quantitative estimate of drug-likeness (QED) is 0.781. The van der Waals surface area contributed by atoms with E-state index in [9.17, 15) is 9.59 Å². The fourth-order valence-corrected chi connectivity index (χ4v) is 1.50. The first-order valence-electron chi connectivity index (χ1n) is 3.66. The molecule has 0 fully saturated rings. The lowest BCUT2D eigenvalue weighted by Gasteiger charge is -2.00. The van der Waals surface area contributed by atoms with Gasteiger partial charge in [0.1, 0.15) is 5.01 Å². The number of nitrogens with zero attached hydrogens (tertiary/aromatic N) is 1. The highest BCUT2D eigenvalue weighted by molar-refractivity contribution is 7.11. The largest absolute Gasteiger partial charge is 0.476 e. The van der Waals surface area contributed by atoms with Crippen LogP contribution in [0.4, 0.5) is 0 Å². The first kappa shape index (κ1) is 10.4. The summed E-state index contributed by atoms with van der Waals surface area (Å²) in [6.45, 7) is 4.90. The Bertz CT molecular complexity index is 397. The fraction of sp³-hybridized carbons (Fsp3) is 0.125. The third-order valence-corrected chi connectivity index (χ3v) is 2.21. The van der Waals surface area contributed by atoms with Gasteiger partial charge in [0.2, 0.25) is 5.91 Å². The van der Waals surface area contributed by atoms with E-state index in [1.165, 1.54) is 12.3 Å². The van der Waals surface area contributed by atoms with Gasteiger partial charge in [-0.05, 0) is 0 Å². The summed E-state index contributed by atoms with van der Waals surface area (Å²) in [6.07, 6.45) is 0. The number of carbonyl (C=O) groups excluding carboxylic acids is 1. The highest BCUT2D eigenvalue weighted by atomic mass is 32.1. The molecule has 0 atom stereocenters. The van der Waals surface area contributed by atoms with Crippen molar-refractivity contribution >= 4 is 28.9 Å². The van der Waals surface area contributed by atoms with Gasteiger partial charge in [0.05, 0.1) is 5.70 Å². The summed E-state index contributed by atoms with van der Waals surface area (Å²) in [5.41, 5.74) is 0.270. The van der Waals surface area contributed by atoms with E-state index in [0.29, 0.717) is 10.7 Å². The molecule has 6 heteroatoms. The molecule has 14 heavy (non-hydrogen) atoms. The number of carboxylic acid groups (broad SMARTS) is 1. The minimum absolute atomic E-state index is 0.0449. The summed E-state index contributed by atoms with van der Waals surface area (Å²) in [7, 11) is 0. The Morgan fingerprint density at radius 1 is 1.64 bits per heavy atom. The number of aromatic carboxylic acids is 1. The molecule has 0 bridgehead atoms. The van der Waals surface area contributed by atoms with Crippen molar-refractivity contribution < 1.29 is 14.7 Å². The van der Waals surface area contributed by atoms with Gasteiger partial charge in [-0.15, -0.1) is 11.3 Å². The zero-order valence-corrected chi connectivity index (χ0v) is 8.22. The lowest BCUT2D eigenvalue weighted by molar-refractivity contribution is -0.117. The molecule has 1 aromatic heterocycles. The maximum atomic E-state index is 10.7. The molecule has 0 radical (unpaired) electrons. The number of nitrogens with one attached hydrogen (secondary N) is 1. The van der Waals surface area contributed by atoms with Crippen molar-refractivity contribution in [3.05, 3.63) is 22.7 Å². The molecule has 74 valence electrons. The maximum Gasteiger partial charge on any atom is 0.355 e. The molecule has 0 aromatic carbocycles. The first-order chi connectivity index (χ1) is 6.50. The zero-order valence-electron chi connectivity index (χ0n) is 7.40. The predicted molar refractivity (Wildman–Crippen MR) is 51.9 cm³/mol. The number of aromatic nitrogens is 1. The van der Waals surface area contributed by atoms with Crippen molar-refractivity contribution in [1.82, 2.24) is 10.3 Å². The monoisotopic (exact) mass is 212 g/mol. The van der Waals surface area contributed by atoms with E-state index < -0.39 is 5.97 Å². The van der Waals surface area contributed by atoms with Gasteiger partial charge in [0, 0.05) is 12.3 Å². The molecule has 2 N–H and O–H groups in total. The molecule has 1 heterocycles. The molecule has 5 nitrogen and oxygen atoms in total. The Kier molecular flexibility index (Phi) is 2.98. The van der Waals surface area contributed by atoms with E-state index in [1.807, 2.05) is 0 Å². The second kappa shape index (κ2) is 4.01. The van der Waals surface area contributed by atoms with Crippen molar-refractivity contribution in [2.24, 2.45) is 0 Å². The molecule has 0 saturated heterocycles. The van der Waals surface area contributed by atoms with Crippen LogP contribution < -0.4 is 5.32 Å². The van der Waals surface area contributed by atoms with Crippen LogP contribution in [0.1, 0.15) is 22.4 Å². The molecule has 0 unspecified atom stereocenters. The lowest BCUT2D eigenvalue weighted by atomic mass is 10.4. The molecule has 1 rings (SSSR count). The zero-order chi connectivity index (χ0) is 10.7. The van der Waals surface area contributed by atoms with E-state index in [4.69, 9.17) is 5.11 Å². The van der Waals surface area contributed by atoms with Crippen LogP contribution in [-0.4, -0.2) is 22.0 Å². The van der Waals surface area contributed by atoms with Gasteiger partial charge in [0.25, 0.3) is 0 Å². The molecule has 1 amide bonds. The van der Waals surface area contributed by atoms with Gasteiger partial charge in [-0.3, -0.25) is 4.79 Å². The van der Waals surface area contributed by atoms with E-state index in [2.05, 4.69) is 16.9 Å². The maximum absolute atomic E-state index is 10.7. The average molecular weight is 212 g/mol. The van der Waals surface area contributed by atoms with Crippen molar-refractivity contribution in [3.8, 4) is 0 Å². The molecular weight excluding hydrogens is 204 g/mol. The predicted octanol–water partition coefficient (Wildman–Crippen LogP) is 0.948. The molecule has 0 spiro atoms. The third-order valence-electron chi connectivity index (χ3n) is 1.31. The van der Waals surface area contributed by atoms with Crippen molar-refractivity contribution in [2.75, 3.05) is 0 Å². The Morgan fingerprint density at radius 2 is 2.29 bits per heavy atom. The van der Waals surface area contributed by atoms with Crippen LogP contribution in [0.15, 0.2) is 12.0 Å². The Morgan fingerprint density at radius 3 is 2.71 bits per heavy atom. The summed E-state index contributed by atoms with van der Waals surface area (Å²) in [5, 5.41) is 12.8. The number of carbonyl (C=O) groups is 2. The van der Waals surface area contributed by atoms with E-state index >= 15 is 0 Å². The van der Waals surface area contributed by atoms with Gasteiger partial charge in [-0.1, -0.05) is 6.58 Å². The van der Waals surface area contributed by atoms with Crippen LogP contribution >= 0.6 is 11.3 Å². The van der Waals surface area contributed by atoms with Crippen LogP contribution in [0.2, 0.25) is 0 Å². The minimum Gasteiger partial charge on any atom is -0.476 e. The number of amides is 1. The van der Waals surface area contributed by atoms with E-state index in [-0.39, 0.29) is 11.6 Å². The number of rotatable bonds is 3. The second-order valence-electron chi connectivity index (χ2n) is 2.50. The lowest BCUT2D eigenvalue weighted by Crippen LogP contribution is -2.17. The minimum atomic E-state index is -1.09. The van der Waals surface area contributed by atoms with E-state index in [0.717, 1.165) is 11.3 Å². The summed E-state index contributed by atoms with van der Waals surface area (Å²) >= 11 is 1.12. The third kappa shape index (κ3) is 2.40. The number of hydrogen-bond donors (Lipinski definition) is 2. The summed E-state index contributed by atoms with van der Waals surface area (Å²) in [6, 6.07) is 0. The van der Waals surface area contributed by atoms with Gasteiger partial charge >= 0.3 is 5.97 Å². The number of hydrogen-bond acceptors (Lipinski definition) is 4. The number of thiazole rings is 1. The van der Waals surface area contributed by atoms with Crippen LogP contribution in [0.25, 0.3) is 5.70 Å².